The maximum Gasteiger partial charge on any atom is 0.225 e. The molecule has 4 heteroatoms. The van der Waals surface area contributed by atoms with Gasteiger partial charge >= 0.3 is 0 Å². The van der Waals surface area contributed by atoms with Crippen LogP contribution in [0.1, 0.15) is 24.8 Å². The van der Waals surface area contributed by atoms with Crippen LogP contribution in [0.4, 0.5) is 0 Å². The predicted molar refractivity (Wildman–Crippen MR) is 108 cm³/mol. The van der Waals surface area contributed by atoms with Gasteiger partial charge in [0.1, 0.15) is 5.75 Å². The summed E-state index contributed by atoms with van der Waals surface area (Å²) >= 11 is 0. The predicted octanol–water partition coefficient (Wildman–Crippen LogP) is 4.42. The van der Waals surface area contributed by atoms with Crippen LogP contribution in [0, 0.1) is 5.92 Å². The van der Waals surface area contributed by atoms with Crippen LogP contribution in [0.15, 0.2) is 60.8 Å². The fraction of sp³-hybridized carbons (Fsp3) is 0.348. The van der Waals surface area contributed by atoms with Crippen LogP contribution in [0.25, 0.3) is 10.9 Å². The number of nitrogens with zero attached hydrogens (tertiary/aromatic N) is 1. The number of nitrogens with one attached hydrogen (secondary N) is 1. The van der Waals surface area contributed by atoms with Gasteiger partial charge in [0.05, 0.1) is 13.0 Å². The summed E-state index contributed by atoms with van der Waals surface area (Å²) in [4.78, 5) is 17.8. The Morgan fingerprint density at radius 1 is 1.04 bits per heavy atom. The Labute approximate surface area is 160 Å². The molecule has 1 amide bonds. The summed E-state index contributed by atoms with van der Waals surface area (Å²) in [7, 11) is 0. The van der Waals surface area contributed by atoms with E-state index in [9.17, 15) is 4.79 Å². The minimum absolute atomic E-state index is 0.205. The van der Waals surface area contributed by atoms with Gasteiger partial charge in [-0.05, 0) is 48.9 Å². The minimum atomic E-state index is 0.205. The van der Waals surface area contributed by atoms with Crippen molar-refractivity contribution >= 4 is 16.8 Å². The van der Waals surface area contributed by atoms with Gasteiger partial charge in [0, 0.05) is 30.2 Å². The van der Waals surface area contributed by atoms with Crippen LogP contribution < -0.4 is 4.74 Å². The van der Waals surface area contributed by atoms with E-state index in [1.165, 1.54) is 16.5 Å². The average molecular weight is 362 g/mol. The third-order valence-electron chi connectivity index (χ3n) is 5.48. The molecule has 1 fully saturated rings. The molecule has 1 aliphatic rings. The smallest absolute Gasteiger partial charge is 0.225 e. The van der Waals surface area contributed by atoms with Crippen molar-refractivity contribution in [2.45, 2.75) is 25.7 Å². The largest absolute Gasteiger partial charge is 0.493 e. The first kappa shape index (κ1) is 17.7. The van der Waals surface area contributed by atoms with Crippen molar-refractivity contribution in [2.75, 3.05) is 19.7 Å². The van der Waals surface area contributed by atoms with Gasteiger partial charge in [0.15, 0.2) is 0 Å². The molecule has 0 unspecified atom stereocenters. The van der Waals surface area contributed by atoms with Crippen molar-refractivity contribution in [2.24, 2.45) is 5.92 Å². The molecule has 1 N–H and O–H groups in total. The second-order valence-corrected chi connectivity index (χ2v) is 7.30. The Morgan fingerprint density at radius 3 is 2.59 bits per heavy atom. The van der Waals surface area contributed by atoms with Crippen molar-refractivity contribution < 1.29 is 9.53 Å². The van der Waals surface area contributed by atoms with Gasteiger partial charge in [0.2, 0.25) is 5.91 Å². The van der Waals surface area contributed by atoms with Gasteiger partial charge in [-0.1, -0.05) is 36.4 Å². The number of aromatic amines is 1. The highest BCUT2D eigenvalue weighted by atomic mass is 16.5. The van der Waals surface area contributed by atoms with Crippen molar-refractivity contribution in [1.82, 2.24) is 9.88 Å². The Hall–Kier alpha value is -2.75. The van der Waals surface area contributed by atoms with Crippen LogP contribution in [0.2, 0.25) is 0 Å². The molecule has 0 bridgehead atoms. The van der Waals surface area contributed by atoms with E-state index in [0.29, 0.717) is 18.9 Å². The van der Waals surface area contributed by atoms with Gasteiger partial charge in [-0.3, -0.25) is 4.79 Å². The van der Waals surface area contributed by atoms with Crippen LogP contribution in [0.3, 0.4) is 0 Å². The number of benzene rings is 2. The van der Waals surface area contributed by atoms with Gasteiger partial charge in [-0.2, -0.15) is 0 Å². The van der Waals surface area contributed by atoms with E-state index < -0.39 is 0 Å². The van der Waals surface area contributed by atoms with E-state index >= 15 is 0 Å². The molecule has 140 valence electrons. The molecule has 1 saturated heterocycles. The lowest BCUT2D eigenvalue weighted by Crippen LogP contribution is -2.39. The zero-order valence-electron chi connectivity index (χ0n) is 15.6. The molecule has 0 atom stereocenters. The number of aromatic nitrogens is 1. The molecule has 27 heavy (non-hydrogen) atoms. The molecule has 1 aliphatic heterocycles. The normalized spacial score (nSPS) is 15.2. The maximum absolute atomic E-state index is 12.4. The standard InChI is InChI=1S/C23H26N2O2/c26-23(12-15-27-20-6-2-1-3-7-20)25-13-10-18(11-14-25)16-19-17-24-22-9-5-4-8-21(19)22/h1-9,17-18,24H,10-16H2. The van der Waals surface area contributed by atoms with Crippen LogP contribution in [-0.4, -0.2) is 35.5 Å². The van der Waals surface area contributed by atoms with Crippen molar-refractivity contribution in [1.29, 1.82) is 0 Å². The minimum Gasteiger partial charge on any atom is -0.493 e. The van der Waals surface area contributed by atoms with E-state index in [-0.39, 0.29) is 5.91 Å². The number of amides is 1. The van der Waals surface area contributed by atoms with E-state index in [1.807, 2.05) is 35.2 Å². The zero-order valence-corrected chi connectivity index (χ0v) is 15.6. The molecule has 0 radical (unpaired) electrons. The highest BCUT2D eigenvalue weighted by molar-refractivity contribution is 5.83. The highest BCUT2D eigenvalue weighted by Crippen LogP contribution is 2.26. The van der Waals surface area contributed by atoms with E-state index in [4.69, 9.17) is 4.74 Å². The van der Waals surface area contributed by atoms with Crippen LogP contribution in [0.5, 0.6) is 5.75 Å². The van der Waals surface area contributed by atoms with Crippen LogP contribution >= 0.6 is 0 Å². The quantitative estimate of drug-likeness (QED) is 0.706. The number of likely N-dealkylation sites (tertiary alicyclic amines) is 1. The summed E-state index contributed by atoms with van der Waals surface area (Å²) < 4.78 is 5.65. The van der Waals surface area contributed by atoms with Gasteiger partial charge in [-0.25, -0.2) is 0 Å². The molecule has 4 nitrogen and oxygen atoms in total. The summed E-state index contributed by atoms with van der Waals surface area (Å²) in [5.41, 5.74) is 2.60. The van der Waals surface area contributed by atoms with Crippen molar-refractivity contribution in [3.8, 4) is 5.75 Å². The Morgan fingerprint density at radius 2 is 1.78 bits per heavy atom. The monoisotopic (exact) mass is 362 g/mol. The second-order valence-electron chi connectivity index (χ2n) is 7.30. The second kappa shape index (κ2) is 8.30. The van der Waals surface area contributed by atoms with Gasteiger partial charge in [0.25, 0.3) is 0 Å². The Kier molecular flexibility index (Phi) is 5.42. The SMILES string of the molecule is O=C(CCOc1ccccc1)N1CCC(Cc2c[nH]c3ccccc23)CC1. The molecular formula is C23H26N2O2. The van der Waals surface area contributed by atoms with Gasteiger partial charge < -0.3 is 14.6 Å². The number of fused-ring (bicyclic) bond motifs is 1. The topological polar surface area (TPSA) is 45.3 Å². The average Bonchev–Trinajstić information content (AvgIpc) is 3.12. The lowest BCUT2D eigenvalue weighted by Gasteiger charge is -2.32. The lowest BCUT2D eigenvalue weighted by atomic mass is 9.90. The van der Waals surface area contributed by atoms with Crippen LogP contribution in [-0.2, 0) is 11.2 Å². The number of H-pyrrole nitrogens is 1. The summed E-state index contributed by atoms with van der Waals surface area (Å²) in [6.07, 6.45) is 5.82. The molecular weight excluding hydrogens is 336 g/mol. The van der Waals surface area contributed by atoms with Gasteiger partial charge in [-0.15, -0.1) is 0 Å². The maximum atomic E-state index is 12.4. The highest BCUT2D eigenvalue weighted by Gasteiger charge is 2.23. The fourth-order valence-corrected chi connectivity index (χ4v) is 3.93. The van der Waals surface area contributed by atoms with E-state index in [1.54, 1.807) is 0 Å². The number of rotatable bonds is 6. The molecule has 0 aliphatic carbocycles. The summed E-state index contributed by atoms with van der Waals surface area (Å²) in [5, 5.41) is 1.33. The molecule has 0 spiro atoms. The first-order valence-corrected chi connectivity index (χ1v) is 9.80. The first-order valence-electron chi connectivity index (χ1n) is 9.80. The number of ether oxygens (including phenoxy) is 1. The summed E-state index contributed by atoms with van der Waals surface area (Å²) in [6, 6.07) is 18.1. The number of hydrogen-bond acceptors (Lipinski definition) is 2. The lowest BCUT2D eigenvalue weighted by molar-refractivity contribution is -0.133. The molecule has 0 saturated carbocycles. The number of hydrogen-bond donors (Lipinski definition) is 1. The molecule has 2 heterocycles. The van der Waals surface area contributed by atoms with E-state index in [2.05, 4.69) is 35.4 Å². The first-order chi connectivity index (χ1) is 13.3. The molecule has 1 aromatic heterocycles. The summed E-state index contributed by atoms with van der Waals surface area (Å²) in [6.45, 7) is 2.16. The fourth-order valence-electron chi connectivity index (χ4n) is 3.93. The van der Waals surface area contributed by atoms with Crippen molar-refractivity contribution in [3.05, 3.63) is 66.4 Å². The van der Waals surface area contributed by atoms with E-state index in [0.717, 1.165) is 38.1 Å². The number of carbonyl (C=O) groups excluding carboxylic acids is 1. The molecule has 4 rings (SSSR count). The summed E-state index contributed by atoms with van der Waals surface area (Å²) in [5.74, 6) is 1.67. The molecule has 3 aromatic rings. The third kappa shape index (κ3) is 4.33. The number of carbonyl (C=O) groups is 1. The number of piperidine rings is 1. The van der Waals surface area contributed by atoms with Crippen molar-refractivity contribution in [3.63, 3.8) is 0 Å². The Bertz CT molecular complexity index is 880. The number of para-hydroxylation sites is 2. The Balaban J connectivity index is 1.23. The zero-order chi connectivity index (χ0) is 18.5. The molecule has 2 aromatic carbocycles. The third-order valence-corrected chi connectivity index (χ3v) is 5.48.